The predicted molar refractivity (Wildman–Crippen MR) is 138 cm³/mol. The summed E-state index contributed by atoms with van der Waals surface area (Å²) in [5.74, 6) is 1.85. The summed E-state index contributed by atoms with van der Waals surface area (Å²) in [5, 5.41) is 7.05. The van der Waals surface area contributed by atoms with Gasteiger partial charge >= 0.3 is 0 Å². The lowest BCUT2D eigenvalue weighted by Crippen LogP contribution is -2.49. The highest BCUT2D eigenvalue weighted by molar-refractivity contribution is 14.0. The average Bonchev–Trinajstić information content (AvgIpc) is 2.78. The van der Waals surface area contributed by atoms with Crippen molar-refractivity contribution in [2.24, 2.45) is 4.99 Å². The zero-order valence-electron chi connectivity index (χ0n) is 18.1. The van der Waals surface area contributed by atoms with Crippen LogP contribution in [0.15, 0.2) is 59.6 Å². The van der Waals surface area contributed by atoms with Crippen molar-refractivity contribution in [1.29, 1.82) is 0 Å². The quantitative estimate of drug-likeness (QED) is 0.305. The normalized spacial score (nSPS) is 14.7. The van der Waals surface area contributed by atoms with E-state index in [4.69, 9.17) is 4.74 Å². The number of piperidine rings is 1. The first kappa shape index (κ1) is 24.3. The first-order valence-electron chi connectivity index (χ1n) is 10.8. The molecule has 0 atom stereocenters. The SMILES string of the molecule is CCCOc1cccc(CCNC(=NC)NC2CCN(c3ccccc3)CC2)c1.I. The van der Waals surface area contributed by atoms with E-state index < -0.39 is 0 Å². The van der Waals surface area contributed by atoms with Gasteiger partial charge in [-0.05, 0) is 55.5 Å². The number of hydrogen-bond donors (Lipinski definition) is 2. The van der Waals surface area contributed by atoms with E-state index in [1.165, 1.54) is 11.3 Å². The zero-order valence-corrected chi connectivity index (χ0v) is 20.5. The first-order chi connectivity index (χ1) is 14.3. The highest BCUT2D eigenvalue weighted by Gasteiger charge is 2.20. The summed E-state index contributed by atoms with van der Waals surface area (Å²) in [6, 6.07) is 19.5. The highest BCUT2D eigenvalue weighted by atomic mass is 127. The lowest BCUT2D eigenvalue weighted by Gasteiger charge is -2.34. The van der Waals surface area contributed by atoms with Crippen molar-refractivity contribution in [1.82, 2.24) is 10.6 Å². The maximum absolute atomic E-state index is 5.73. The number of hydrogen-bond acceptors (Lipinski definition) is 3. The smallest absolute Gasteiger partial charge is 0.191 e. The molecule has 0 radical (unpaired) electrons. The van der Waals surface area contributed by atoms with Crippen LogP contribution in [0.3, 0.4) is 0 Å². The minimum atomic E-state index is 0. The van der Waals surface area contributed by atoms with Gasteiger partial charge in [0, 0.05) is 38.4 Å². The van der Waals surface area contributed by atoms with E-state index >= 15 is 0 Å². The Bertz CT molecular complexity index is 761. The van der Waals surface area contributed by atoms with Crippen molar-refractivity contribution >= 4 is 35.6 Å². The minimum absolute atomic E-state index is 0. The molecule has 5 nitrogen and oxygen atoms in total. The molecule has 6 heteroatoms. The summed E-state index contributed by atoms with van der Waals surface area (Å²) in [7, 11) is 1.84. The third kappa shape index (κ3) is 7.70. The second-order valence-electron chi connectivity index (χ2n) is 7.49. The summed E-state index contributed by atoms with van der Waals surface area (Å²) in [6.07, 6.45) is 4.20. The second kappa shape index (κ2) is 13.4. The minimum Gasteiger partial charge on any atom is -0.494 e. The molecule has 0 saturated carbocycles. The first-order valence-corrected chi connectivity index (χ1v) is 10.8. The fourth-order valence-electron chi connectivity index (χ4n) is 3.64. The van der Waals surface area contributed by atoms with Crippen LogP contribution in [-0.4, -0.2) is 45.3 Å². The van der Waals surface area contributed by atoms with E-state index in [1.54, 1.807) is 0 Å². The molecular weight excluding hydrogens is 487 g/mol. The van der Waals surface area contributed by atoms with E-state index in [0.717, 1.165) is 63.6 Å². The zero-order chi connectivity index (χ0) is 20.3. The van der Waals surface area contributed by atoms with Gasteiger partial charge < -0.3 is 20.3 Å². The molecule has 2 aromatic carbocycles. The second-order valence-corrected chi connectivity index (χ2v) is 7.49. The number of benzene rings is 2. The van der Waals surface area contributed by atoms with Crippen molar-refractivity contribution in [3.63, 3.8) is 0 Å². The van der Waals surface area contributed by atoms with Crippen molar-refractivity contribution in [2.75, 3.05) is 38.2 Å². The molecular formula is C24H35IN4O. The van der Waals surface area contributed by atoms with Crippen LogP contribution >= 0.6 is 24.0 Å². The van der Waals surface area contributed by atoms with Gasteiger partial charge in [0.2, 0.25) is 0 Å². The lowest BCUT2D eigenvalue weighted by molar-refractivity contribution is 0.317. The fraction of sp³-hybridized carbons (Fsp3) is 0.458. The predicted octanol–water partition coefficient (Wildman–Crippen LogP) is 4.47. The Morgan fingerprint density at radius 1 is 1.10 bits per heavy atom. The number of nitrogens with one attached hydrogen (secondary N) is 2. The molecule has 0 amide bonds. The van der Waals surface area contributed by atoms with Crippen molar-refractivity contribution in [3.05, 3.63) is 60.2 Å². The van der Waals surface area contributed by atoms with E-state index in [0.29, 0.717) is 6.04 Å². The van der Waals surface area contributed by atoms with Gasteiger partial charge in [0.1, 0.15) is 5.75 Å². The Morgan fingerprint density at radius 3 is 2.57 bits per heavy atom. The van der Waals surface area contributed by atoms with Gasteiger partial charge in [-0.1, -0.05) is 37.3 Å². The fourth-order valence-corrected chi connectivity index (χ4v) is 3.64. The van der Waals surface area contributed by atoms with Crippen LogP contribution in [0.5, 0.6) is 5.75 Å². The number of halogens is 1. The van der Waals surface area contributed by atoms with Gasteiger partial charge in [0.15, 0.2) is 5.96 Å². The molecule has 1 fully saturated rings. The molecule has 1 heterocycles. The molecule has 1 saturated heterocycles. The molecule has 2 N–H and O–H groups in total. The number of nitrogens with zero attached hydrogens (tertiary/aromatic N) is 2. The number of ether oxygens (including phenoxy) is 1. The van der Waals surface area contributed by atoms with Gasteiger partial charge in [0.05, 0.1) is 6.61 Å². The Morgan fingerprint density at radius 2 is 1.87 bits per heavy atom. The number of para-hydroxylation sites is 1. The largest absolute Gasteiger partial charge is 0.494 e. The molecule has 0 spiro atoms. The van der Waals surface area contributed by atoms with E-state index in [-0.39, 0.29) is 24.0 Å². The molecule has 0 unspecified atom stereocenters. The summed E-state index contributed by atoms with van der Waals surface area (Å²) >= 11 is 0. The topological polar surface area (TPSA) is 48.9 Å². The molecule has 164 valence electrons. The molecule has 3 rings (SSSR count). The van der Waals surface area contributed by atoms with Crippen molar-refractivity contribution in [2.45, 2.75) is 38.6 Å². The number of rotatable bonds is 8. The highest BCUT2D eigenvalue weighted by Crippen LogP contribution is 2.19. The lowest BCUT2D eigenvalue weighted by atomic mass is 10.0. The van der Waals surface area contributed by atoms with E-state index in [2.05, 4.69) is 76.0 Å². The van der Waals surface area contributed by atoms with Crippen LogP contribution in [0.1, 0.15) is 31.7 Å². The van der Waals surface area contributed by atoms with Crippen LogP contribution in [0.2, 0.25) is 0 Å². The number of aliphatic imine (C=N–C) groups is 1. The molecule has 2 aromatic rings. The van der Waals surface area contributed by atoms with Crippen LogP contribution in [-0.2, 0) is 6.42 Å². The van der Waals surface area contributed by atoms with E-state index in [1.807, 2.05) is 13.1 Å². The Kier molecular flexibility index (Phi) is 10.8. The third-order valence-corrected chi connectivity index (χ3v) is 5.26. The average molecular weight is 522 g/mol. The summed E-state index contributed by atoms with van der Waals surface area (Å²) in [5.41, 5.74) is 2.59. The van der Waals surface area contributed by atoms with Gasteiger partial charge in [-0.15, -0.1) is 24.0 Å². The Hall–Kier alpha value is -1.96. The van der Waals surface area contributed by atoms with E-state index in [9.17, 15) is 0 Å². The van der Waals surface area contributed by atoms with Gasteiger partial charge in [0.25, 0.3) is 0 Å². The maximum Gasteiger partial charge on any atom is 0.191 e. The van der Waals surface area contributed by atoms with Gasteiger partial charge in [-0.2, -0.15) is 0 Å². The van der Waals surface area contributed by atoms with Crippen LogP contribution < -0.4 is 20.3 Å². The molecule has 0 aliphatic carbocycles. The summed E-state index contributed by atoms with van der Waals surface area (Å²) < 4.78 is 5.73. The van der Waals surface area contributed by atoms with Crippen LogP contribution in [0.25, 0.3) is 0 Å². The van der Waals surface area contributed by atoms with Gasteiger partial charge in [-0.3, -0.25) is 4.99 Å². The summed E-state index contributed by atoms with van der Waals surface area (Å²) in [6.45, 7) is 5.88. The van der Waals surface area contributed by atoms with Crippen LogP contribution in [0.4, 0.5) is 5.69 Å². The molecule has 30 heavy (non-hydrogen) atoms. The number of anilines is 1. The Labute approximate surface area is 198 Å². The van der Waals surface area contributed by atoms with Crippen LogP contribution in [0, 0.1) is 0 Å². The van der Waals surface area contributed by atoms with Crippen molar-refractivity contribution in [3.8, 4) is 5.75 Å². The molecule has 1 aliphatic rings. The molecule has 0 aromatic heterocycles. The third-order valence-electron chi connectivity index (χ3n) is 5.26. The number of guanidine groups is 1. The molecule has 0 bridgehead atoms. The van der Waals surface area contributed by atoms with Crippen molar-refractivity contribution < 1.29 is 4.74 Å². The monoisotopic (exact) mass is 522 g/mol. The standard InChI is InChI=1S/C24H34N4O.HI/c1-3-18-29-23-11-7-8-20(19-23)12-15-26-24(25-2)27-21-13-16-28(17-14-21)22-9-5-4-6-10-22;/h4-11,19,21H,3,12-18H2,1-2H3,(H2,25,26,27);1H. The van der Waals surface area contributed by atoms with Gasteiger partial charge in [-0.25, -0.2) is 0 Å². The summed E-state index contributed by atoms with van der Waals surface area (Å²) in [4.78, 5) is 6.87. The Balaban J connectivity index is 0.00000320. The maximum atomic E-state index is 5.73. The molecule has 1 aliphatic heterocycles.